The molecule has 230 valence electrons. The normalized spacial score (nSPS) is 31.0. The number of nitrogens with one attached hydrogen (secondary N) is 4. The zero-order valence-corrected chi connectivity index (χ0v) is 25.5. The van der Waals surface area contributed by atoms with E-state index in [4.69, 9.17) is 9.31 Å². The molecule has 4 N–H and O–H groups in total. The Labute approximate surface area is 244 Å². The number of rotatable bonds is 16. The smallest absolute Gasteiger partial charge is 0.404 e. The highest BCUT2D eigenvalue weighted by Crippen LogP contribution is 2.65. The molecule has 7 atom stereocenters. The molecule has 0 aromatic carbocycles. The molecule has 5 fully saturated rings. The second kappa shape index (κ2) is 13.0. The molecule has 12 nitrogen and oxygen atoms in total. The highest BCUT2D eigenvalue weighted by Gasteiger charge is 2.68. The number of hydrazine groups is 2. The van der Waals surface area contributed by atoms with Crippen molar-refractivity contribution in [3.8, 4) is 0 Å². The predicted molar refractivity (Wildman–Crippen MR) is 155 cm³/mol. The van der Waals surface area contributed by atoms with Crippen molar-refractivity contribution in [2.24, 2.45) is 23.2 Å². The first-order chi connectivity index (χ1) is 19.4. The van der Waals surface area contributed by atoms with Crippen molar-refractivity contribution in [1.29, 1.82) is 0 Å². The quantitative estimate of drug-likeness (QED) is 0.0542. The van der Waals surface area contributed by atoms with Crippen LogP contribution in [0, 0.1) is 33.3 Å². The van der Waals surface area contributed by atoms with Gasteiger partial charge in [-0.1, -0.05) is 53.5 Å². The van der Waals surface area contributed by atoms with E-state index >= 15 is 0 Å². The topological polar surface area (TPSA) is 157 Å². The molecule has 2 heterocycles. The molecule has 5 rings (SSSR count). The van der Waals surface area contributed by atoms with Gasteiger partial charge in [-0.15, -0.1) is 5.43 Å². The fourth-order valence-corrected chi connectivity index (χ4v) is 7.01. The predicted octanol–water partition coefficient (Wildman–Crippen LogP) is 2.68. The van der Waals surface area contributed by atoms with Crippen LogP contribution in [0.3, 0.4) is 0 Å². The first-order valence-electron chi connectivity index (χ1n) is 15.4. The molecule has 2 saturated heterocycles. The van der Waals surface area contributed by atoms with E-state index in [0.29, 0.717) is 43.6 Å². The van der Waals surface area contributed by atoms with E-state index in [2.05, 4.69) is 62.9 Å². The molecule has 3 aliphatic carbocycles. The molecule has 2 aliphatic heterocycles. The van der Waals surface area contributed by atoms with Gasteiger partial charge in [0.25, 0.3) is 0 Å². The molecule has 3 saturated carbocycles. The zero-order chi connectivity index (χ0) is 29.9. The Kier molecular flexibility index (Phi) is 10.0. The fraction of sp³-hybridized carbons (Fsp3) is 0.857. The van der Waals surface area contributed by atoms with Crippen LogP contribution in [0.4, 0.5) is 0 Å². The van der Waals surface area contributed by atoms with Crippen LogP contribution in [0.25, 0.3) is 0 Å². The second-order valence-electron chi connectivity index (χ2n) is 13.4. The van der Waals surface area contributed by atoms with Gasteiger partial charge in [0.15, 0.2) is 5.03 Å². The number of carbonyl (C=O) groups excluding carboxylic acids is 2. The molecule has 0 aromatic heterocycles. The lowest BCUT2D eigenvalue weighted by atomic mass is 9.43. The summed E-state index contributed by atoms with van der Waals surface area (Å²) in [6, 6.07) is -0.764. The summed E-state index contributed by atoms with van der Waals surface area (Å²) in [5, 5.41) is 20.2. The highest BCUT2D eigenvalue weighted by molar-refractivity contribution is 6.48. The third-order valence-corrected chi connectivity index (χ3v) is 9.59. The lowest BCUT2D eigenvalue weighted by molar-refractivity contribution is -0.627. The maximum Gasteiger partial charge on any atom is 0.481 e. The second-order valence-corrected chi connectivity index (χ2v) is 13.4. The highest BCUT2D eigenvalue weighted by atomic mass is 16.7. The van der Waals surface area contributed by atoms with E-state index < -0.39 is 24.5 Å². The number of allylic oxidation sites excluding steroid dienone is 1. The van der Waals surface area contributed by atoms with Gasteiger partial charge in [-0.2, -0.15) is 0 Å². The summed E-state index contributed by atoms with van der Waals surface area (Å²) in [6.45, 7) is 13.6. The lowest BCUT2D eigenvalue weighted by Crippen LogP contribution is -2.65. The van der Waals surface area contributed by atoms with E-state index in [-0.39, 0.29) is 34.9 Å². The van der Waals surface area contributed by atoms with Crippen LogP contribution < -0.4 is 21.4 Å². The van der Waals surface area contributed by atoms with Gasteiger partial charge in [0.05, 0.1) is 17.6 Å². The maximum absolute atomic E-state index is 13.7. The van der Waals surface area contributed by atoms with Gasteiger partial charge in [0.2, 0.25) is 18.1 Å². The number of amides is 2. The van der Waals surface area contributed by atoms with Crippen molar-refractivity contribution in [3.63, 3.8) is 0 Å². The minimum Gasteiger partial charge on any atom is -0.404 e. The average Bonchev–Trinajstić information content (AvgIpc) is 3.59. The van der Waals surface area contributed by atoms with Crippen LogP contribution in [0.5, 0.6) is 0 Å². The molecule has 1 unspecified atom stereocenters. The third kappa shape index (κ3) is 7.23. The number of hydrogen-bond acceptors (Lipinski definition) is 8. The van der Waals surface area contributed by atoms with Crippen LogP contribution in [-0.4, -0.2) is 65.6 Å². The lowest BCUT2D eigenvalue weighted by Gasteiger charge is -2.64. The van der Waals surface area contributed by atoms with Gasteiger partial charge >= 0.3 is 7.12 Å². The number of nitrogens with zero attached hydrogens (tertiary/aromatic N) is 2. The summed E-state index contributed by atoms with van der Waals surface area (Å²) in [5.41, 5.74) is 2.44. The summed E-state index contributed by atoms with van der Waals surface area (Å²) >= 11 is 0. The monoisotopic (exact) mass is 576 g/mol. The molecule has 5 aliphatic rings. The van der Waals surface area contributed by atoms with E-state index in [1.54, 1.807) is 0 Å². The van der Waals surface area contributed by atoms with Crippen molar-refractivity contribution in [2.45, 2.75) is 123 Å². The molecule has 2 bridgehead atoms. The first kappa shape index (κ1) is 31.7. The summed E-state index contributed by atoms with van der Waals surface area (Å²) in [5.74, 6) is 0.402. The molecule has 0 spiro atoms. The standard InChI is InChI=1S/C28H49BN6O6/c1-7-8-9-10-13-24(36)31-20(12-11-14-30-26-33-34(26)35(38)39)25(37)32-23(15-18(2)3)29-40-22-17-19-16-21(27(19,4)5)28(22,6)41-29/h10,13,18-23,26,30,33H,7-9,11-12,14-17H2,1-6H3,(H,31,36)(H,32,37)/t19-,20-,21-,22+,23-,26?,28-,34?/m0/s1. The molecular formula is C28H49BN6O6. The first-order valence-corrected chi connectivity index (χ1v) is 15.4. The minimum absolute atomic E-state index is 0.0143. The average molecular weight is 577 g/mol. The van der Waals surface area contributed by atoms with Gasteiger partial charge in [-0.3, -0.25) is 14.9 Å². The van der Waals surface area contributed by atoms with Gasteiger partial charge in [-0.05, 0) is 86.4 Å². The molecule has 13 heteroatoms. The number of unbranched alkanes of at least 4 members (excludes halogenated alkanes) is 2. The summed E-state index contributed by atoms with van der Waals surface area (Å²) < 4.78 is 13.2. The van der Waals surface area contributed by atoms with E-state index in [0.717, 1.165) is 37.2 Å². The zero-order valence-electron chi connectivity index (χ0n) is 25.5. The molecule has 2 amide bonds. The van der Waals surface area contributed by atoms with E-state index in [9.17, 15) is 19.7 Å². The molecular weight excluding hydrogens is 527 g/mol. The van der Waals surface area contributed by atoms with Gasteiger partial charge in [0, 0.05) is 0 Å². The third-order valence-electron chi connectivity index (χ3n) is 9.59. The molecule has 41 heavy (non-hydrogen) atoms. The van der Waals surface area contributed by atoms with Crippen molar-refractivity contribution in [1.82, 2.24) is 26.5 Å². The molecule has 0 aromatic rings. The van der Waals surface area contributed by atoms with Crippen LogP contribution >= 0.6 is 0 Å². The number of carbonyl (C=O) groups is 2. The Morgan fingerprint density at radius 2 is 1.98 bits per heavy atom. The van der Waals surface area contributed by atoms with Crippen LogP contribution in [-0.2, 0) is 18.9 Å². The van der Waals surface area contributed by atoms with Crippen molar-refractivity contribution < 1.29 is 23.9 Å². The van der Waals surface area contributed by atoms with Crippen molar-refractivity contribution in [2.75, 3.05) is 6.54 Å². The minimum atomic E-state index is -0.764. The van der Waals surface area contributed by atoms with Crippen LogP contribution in [0.15, 0.2) is 12.2 Å². The van der Waals surface area contributed by atoms with Gasteiger partial charge in [0.1, 0.15) is 6.04 Å². The van der Waals surface area contributed by atoms with Gasteiger partial charge < -0.3 is 19.9 Å². The van der Waals surface area contributed by atoms with Crippen LogP contribution in [0.1, 0.15) is 92.9 Å². The maximum atomic E-state index is 13.7. The van der Waals surface area contributed by atoms with Crippen molar-refractivity contribution in [3.05, 3.63) is 22.3 Å². The largest absolute Gasteiger partial charge is 0.481 e. The Morgan fingerprint density at radius 3 is 2.61 bits per heavy atom. The molecule has 0 radical (unpaired) electrons. The fourth-order valence-electron chi connectivity index (χ4n) is 7.01. The Bertz CT molecular complexity index is 997. The van der Waals surface area contributed by atoms with Crippen molar-refractivity contribution >= 4 is 18.9 Å². The number of hydrogen-bond donors (Lipinski definition) is 4. The summed E-state index contributed by atoms with van der Waals surface area (Å²) in [4.78, 5) is 37.1. The van der Waals surface area contributed by atoms with Crippen LogP contribution in [0.2, 0.25) is 0 Å². The SMILES string of the molecule is CCCCC=CC(=O)N[C@@H](CCCNC1NN1[N+](=O)[O-])C(=O)N[C@@H](CC(C)C)B1O[C@@H]2C[C@@H]3C[C@@H](C3(C)C)[C@]2(C)O1. The van der Waals surface area contributed by atoms with E-state index in [1.165, 1.54) is 6.08 Å². The Balaban J connectivity index is 1.39. The Morgan fingerprint density at radius 1 is 1.22 bits per heavy atom. The van der Waals surface area contributed by atoms with Gasteiger partial charge in [-0.25, -0.2) is 10.1 Å². The van der Waals surface area contributed by atoms with E-state index in [1.807, 2.05) is 6.08 Å². The summed E-state index contributed by atoms with van der Waals surface area (Å²) in [7, 11) is -0.549. The summed E-state index contributed by atoms with van der Waals surface area (Å²) in [6.07, 6.45) is 9.35. The Hall–Kier alpha value is -2.22. The number of nitro groups is 1.